The minimum Gasteiger partial charge on any atom is -0.462 e. The number of carbonyl (C=O) groups excluding carboxylic acids is 3. The van der Waals surface area contributed by atoms with E-state index < -0.39 is 6.10 Å². The van der Waals surface area contributed by atoms with Crippen LogP contribution in [0.2, 0.25) is 0 Å². The van der Waals surface area contributed by atoms with Crippen molar-refractivity contribution < 1.29 is 28.6 Å². The van der Waals surface area contributed by atoms with Crippen molar-refractivity contribution in [2.45, 2.75) is 252 Å². The number of esters is 3. The molecule has 0 spiro atoms. The summed E-state index contributed by atoms with van der Waals surface area (Å²) in [5.74, 6) is -0.901. The topological polar surface area (TPSA) is 78.9 Å². The number of unbranched alkanes of at least 4 members (excludes halogenated alkanes) is 26. The maximum atomic E-state index is 12.6. The van der Waals surface area contributed by atoms with Crippen molar-refractivity contribution in [3.8, 4) is 0 Å². The molecule has 0 aliphatic rings. The summed E-state index contributed by atoms with van der Waals surface area (Å²) in [4.78, 5) is 37.4. The summed E-state index contributed by atoms with van der Waals surface area (Å²) < 4.78 is 16.6. The van der Waals surface area contributed by atoms with Crippen LogP contribution in [0, 0.1) is 0 Å². The number of carbonyl (C=O) groups is 3. The van der Waals surface area contributed by atoms with E-state index in [0.29, 0.717) is 19.3 Å². The highest BCUT2D eigenvalue weighted by Crippen LogP contribution is 2.15. The fourth-order valence-corrected chi connectivity index (χ4v) is 6.71. The SMILES string of the molecule is CCC/C=C\CCCCCCCC(=O)OC(COC(=O)CCCCCCC)COC(=O)CCCCCCCCCCCCC/C=C\C/C=C\CCCCCCC. The highest BCUT2D eigenvalue weighted by molar-refractivity contribution is 5.71. The molecular formula is C50H90O6. The first kappa shape index (κ1) is 53.6. The largest absolute Gasteiger partial charge is 0.462 e. The fraction of sp³-hybridized carbons (Fsp3) is 0.820. The van der Waals surface area contributed by atoms with Gasteiger partial charge < -0.3 is 14.2 Å². The van der Waals surface area contributed by atoms with Crippen LogP contribution in [0.5, 0.6) is 0 Å². The molecule has 6 nitrogen and oxygen atoms in total. The van der Waals surface area contributed by atoms with E-state index in [9.17, 15) is 14.4 Å². The number of rotatable bonds is 43. The minimum absolute atomic E-state index is 0.0758. The van der Waals surface area contributed by atoms with Gasteiger partial charge in [0.1, 0.15) is 13.2 Å². The number of hydrogen-bond acceptors (Lipinski definition) is 6. The molecule has 0 amide bonds. The molecule has 0 saturated carbocycles. The van der Waals surface area contributed by atoms with Gasteiger partial charge in [-0.2, -0.15) is 0 Å². The first-order chi connectivity index (χ1) is 27.5. The van der Waals surface area contributed by atoms with Crippen LogP contribution in [0.15, 0.2) is 36.5 Å². The van der Waals surface area contributed by atoms with Gasteiger partial charge in [0.2, 0.25) is 0 Å². The normalized spacial score (nSPS) is 12.3. The van der Waals surface area contributed by atoms with Crippen molar-refractivity contribution >= 4 is 17.9 Å². The second-order valence-corrected chi connectivity index (χ2v) is 16.0. The lowest BCUT2D eigenvalue weighted by Crippen LogP contribution is -2.30. The lowest BCUT2D eigenvalue weighted by atomic mass is 10.0. The summed E-state index contributed by atoms with van der Waals surface area (Å²) in [5, 5.41) is 0. The van der Waals surface area contributed by atoms with E-state index in [2.05, 4.69) is 57.2 Å². The van der Waals surface area contributed by atoms with E-state index in [1.807, 2.05) is 0 Å². The monoisotopic (exact) mass is 787 g/mol. The summed E-state index contributed by atoms with van der Waals surface area (Å²) >= 11 is 0. The molecule has 0 aliphatic carbocycles. The Bertz CT molecular complexity index is 953. The van der Waals surface area contributed by atoms with Crippen molar-refractivity contribution in [3.05, 3.63) is 36.5 Å². The first-order valence-corrected chi connectivity index (χ1v) is 24.0. The molecule has 1 unspecified atom stereocenters. The van der Waals surface area contributed by atoms with Crippen molar-refractivity contribution in [3.63, 3.8) is 0 Å². The van der Waals surface area contributed by atoms with Crippen molar-refractivity contribution in [2.24, 2.45) is 0 Å². The van der Waals surface area contributed by atoms with Crippen LogP contribution in [0.4, 0.5) is 0 Å². The summed E-state index contributed by atoms with van der Waals surface area (Å²) in [6.45, 7) is 6.47. The molecule has 0 fully saturated rings. The average molecular weight is 787 g/mol. The lowest BCUT2D eigenvalue weighted by molar-refractivity contribution is -0.167. The predicted molar refractivity (Wildman–Crippen MR) is 238 cm³/mol. The van der Waals surface area contributed by atoms with Gasteiger partial charge in [-0.15, -0.1) is 0 Å². The third kappa shape index (κ3) is 42.8. The van der Waals surface area contributed by atoms with Gasteiger partial charge in [0.15, 0.2) is 6.10 Å². The van der Waals surface area contributed by atoms with Gasteiger partial charge in [-0.05, 0) is 70.6 Å². The maximum Gasteiger partial charge on any atom is 0.306 e. The van der Waals surface area contributed by atoms with Gasteiger partial charge in [0.05, 0.1) is 0 Å². The van der Waals surface area contributed by atoms with Gasteiger partial charge in [-0.3, -0.25) is 14.4 Å². The maximum absolute atomic E-state index is 12.6. The van der Waals surface area contributed by atoms with Crippen LogP contribution < -0.4 is 0 Å². The molecule has 326 valence electrons. The van der Waals surface area contributed by atoms with E-state index in [-0.39, 0.29) is 31.1 Å². The molecule has 0 aromatic heterocycles. The van der Waals surface area contributed by atoms with Crippen LogP contribution in [0.3, 0.4) is 0 Å². The molecule has 0 saturated heterocycles. The Kier molecular flexibility index (Phi) is 43.4. The second-order valence-electron chi connectivity index (χ2n) is 16.0. The predicted octanol–water partition coefficient (Wildman–Crippen LogP) is 15.4. The molecule has 6 heteroatoms. The number of hydrogen-bond donors (Lipinski definition) is 0. The standard InChI is InChI=1S/C50H90O6/c1-4-7-10-13-15-17-19-20-21-22-23-24-25-26-27-28-29-30-31-33-34-37-40-43-49(52)55-46-47(45-54-48(51)42-39-36-12-9-6-3)56-50(53)44-41-38-35-32-18-16-14-11-8-5-2/h11,14,19-20,22-23,47H,4-10,12-13,15-18,21,24-46H2,1-3H3/b14-11-,20-19-,23-22-. The summed E-state index contributed by atoms with van der Waals surface area (Å²) in [5.41, 5.74) is 0. The molecule has 0 rings (SSSR count). The van der Waals surface area contributed by atoms with E-state index in [1.165, 1.54) is 116 Å². The zero-order valence-corrected chi connectivity index (χ0v) is 37.2. The van der Waals surface area contributed by atoms with Crippen LogP contribution in [0.1, 0.15) is 245 Å². The molecule has 0 aliphatic heterocycles. The highest BCUT2D eigenvalue weighted by Gasteiger charge is 2.19. The smallest absolute Gasteiger partial charge is 0.306 e. The third-order valence-electron chi connectivity index (χ3n) is 10.3. The first-order valence-electron chi connectivity index (χ1n) is 24.0. The minimum atomic E-state index is -0.769. The Balaban J connectivity index is 4.06. The second kappa shape index (κ2) is 45.3. The zero-order valence-electron chi connectivity index (χ0n) is 37.2. The lowest BCUT2D eigenvalue weighted by Gasteiger charge is -2.18. The molecule has 0 N–H and O–H groups in total. The van der Waals surface area contributed by atoms with E-state index >= 15 is 0 Å². The third-order valence-corrected chi connectivity index (χ3v) is 10.3. The molecule has 1 atom stereocenters. The summed E-state index contributed by atoms with van der Waals surface area (Å²) in [7, 11) is 0. The van der Waals surface area contributed by atoms with Gasteiger partial charge in [0.25, 0.3) is 0 Å². The van der Waals surface area contributed by atoms with E-state index in [1.54, 1.807) is 0 Å². The molecule has 56 heavy (non-hydrogen) atoms. The Hall–Kier alpha value is -2.37. The van der Waals surface area contributed by atoms with Gasteiger partial charge in [-0.1, -0.05) is 192 Å². The molecular weight excluding hydrogens is 697 g/mol. The molecule has 0 aromatic carbocycles. The number of allylic oxidation sites excluding steroid dienone is 6. The number of ether oxygens (including phenoxy) is 3. The van der Waals surface area contributed by atoms with Crippen LogP contribution in [-0.4, -0.2) is 37.2 Å². The summed E-state index contributed by atoms with van der Waals surface area (Å²) in [6.07, 6.45) is 51.7. The molecule has 0 heterocycles. The van der Waals surface area contributed by atoms with Gasteiger partial charge in [-0.25, -0.2) is 0 Å². The van der Waals surface area contributed by atoms with E-state index in [4.69, 9.17) is 14.2 Å². The van der Waals surface area contributed by atoms with Crippen LogP contribution in [0.25, 0.3) is 0 Å². The van der Waals surface area contributed by atoms with Crippen LogP contribution in [-0.2, 0) is 28.6 Å². The van der Waals surface area contributed by atoms with Gasteiger partial charge in [0, 0.05) is 19.3 Å². The quantitative estimate of drug-likeness (QED) is 0.0265. The molecule has 0 bridgehead atoms. The van der Waals surface area contributed by atoms with E-state index in [0.717, 1.165) is 89.9 Å². The Morgan fingerprint density at radius 2 is 0.679 bits per heavy atom. The Labute approximate surface area is 346 Å². The average Bonchev–Trinajstić information content (AvgIpc) is 3.19. The Morgan fingerprint density at radius 3 is 1.07 bits per heavy atom. The van der Waals surface area contributed by atoms with Crippen molar-refractivity contribution in [1.29, 1.82) is 0 Å². The van der Waals surface area contributed by atoms with Crippen LogP contribution >= 0.6 is 0 Å². The van der Waals surface area contributed by atoms with Gasteiger partial charge >= 0.3 is 17.9 Å². The molecule has 0 aromatic rings. The zero-order chi connectivity index (χ0) is 40.8. The highest BCUT2D eigenvalue weighted by atomic mass is 16.6. The Morgan fingerprint density at radius 1 is 0.357 bits per heavy atom. The fourth-order valence-electron chi connectivity index (χ4n) is 6.71. The molecule has 0 radical (unpaired) electrons. The van der Waals surface area contributed by atoms with Crippen molar-refractivity contribution in [2.75, 3.05) is 13.2 Å². The summed E-state index contributed by atoms with van der Waals surface area (Å²) in [6, 6.07) is 0. The van der Waals surface area contributed by atoms with Crippen molar-refractivity contribution in [1.82, 2.24) is 0 Å².